The summed E-state index contributed by atoms with van der Waals surface area (Å²) in [7, 11) is 5.65. The van der Waals surface area contributed by atoms with Gasteiger partial charge in [-0.2, -0.15) is 0 Å². The molecule has 0 aliphatic rings. The van der Waals surface area contributed by atoms with Gasteiger partial charge in [-0.25, -0.2) is 0 Å². The van der Waals surface area contributed by atoms with Crippen molar-refractivity contribution in [2.45, 2.75) is 0 Å². The number of aliphatic imine (C=N–C) groups is 1. The molecule has 124 valence electrons. The lowest BCUT2D eigenvalue weighted by Gasteiger charge is -2.23. The molecule has 3 rings (SSSR count). The molecule has 2 aromatic carbocycles. The zero-order chi connectivity index (χ0) is 17.3. The third kappa shape index (κ3) is 3.10. The topological polar surface area (TPSA) is 58.0 Å². The highest BCUT2D eigenvalue weighted by atomic mass is 79.9. The van der Waals surface area contributed by atoms with Crippen LogP contribution in [0.2, 0.25) is 0 Å². The fourth-order valence-corrected chi connectivity index (χ4v) is 2.97. The minimum atomic E-state index is 0.358. The zero-order valence-electron chi connectivity index (χ0n) is 13.8. The number of anilines is 3. The van der Waals surface area contributed by atoms with Crippen molar-refractivity contribution >= 4 is 50.1 Å². The number of para-hydroxylation sites is 1. The number of benzene rings is 2. The molecule has 3 aromatic rings. The number of nitrogens with two attached hydrogens (primary N) is 1. The maximum Gasteiger partial charge on any atom is 0.208 e. The van der Waals surface area contributed by atoms with Gasteiger partial charge in [-0.3, -0.25) is 9.89 Å². The van der Waals surface area contributed by atoms with Crippen LogP contribution in [0.1, 0.15) is 0 Å². The first-order chi connectivity index (χ1) is 11.5. The van der Waals surface area contributed by atoms with Crippen LogP contribution in [0.3, 0.4) is 0 Å². The molecule has 0 unspecified atom stereocenters. The summed E-state index contributed by atoms with van der Waals surface area (Å²) >= 11 is 3.56. The van der Waals surface area contributed by atoms with Gasteiger partial charge in [-0.1, -0.05) is 34.1 Å². The third-order valence-corrected chi connectivity index (χ3v) is 4.19. The lowest BCUT2D eigenvalue weighted by atomic mass is 10.2. The molecule has 0 spiro atoms. The highest BCUT2D eigenvalue weighted by Crippen LogP contribution is 2.34. The number of furan rings is 1. The second-order valence-corrected chi connectivity index (χ2v) is 6.52. The van der Waals surface area contributed by atoms with Crippen LogP contribution in [0.25, 0.3) is 11.0 Å². The third-order valence-electron chi connectivity index (χ3n) is 3.73. The molecule has 2 N–H and O–H groups in total. The van der Waals surface area contributed by atoms with E-state index in [0.29, 0.717) is 11.8 Å². The number of fused-ring (bicyclic) bond motifs is 1. The monoisotopic (exact) mass is 386 g/mol. The van der Waals surface area contributed by atoms with Gasteiger partial charge in [0.15, 0.2) is 0 Å². The van der Waals surface area contributed by atoms with E-state index < -0.39 is 0 Å². The number of halogens is 1. The van der Waals surface area contributed by atoms with Gasteiger partial charge in [0.25, 0.3) is 0 Å². The molecule has 5 nitrogen and oxygen atoms in total. The Morgan fingerprint density at radius 1 is 1.08 bits per heavy atom. The summed E-state index contributed by atoms with van der Waals surface area (Å²) in [6.45, 7) is 0. The Kier molecular flexibility index (Phi) is 4.49. The quantitative estimate of drug-likeness (QED) is 0.537. The zero-order valence-corrected chi connectivity index (χ0v) is 15.4. The minimum Gasteiger partial charge on any atom is -0.440 e. The van der Waals surface area contributed by atoms with E-state index in [1.807, 2.05) is 67.5 Å². The highest BCUT2D eigenvalue weighted by molar-refractivity contribution is 9.10. The van der Waals surface area contributed by atoms with E-state index in [1.54, 1.807) is 11.9 Å². The van der Waals surface area contributed by atoms with Crippen LogP contribution in [0.15, 0.2) is 62.4 Å². The molecule has 0 saturated heterocycles. The summed E-state index contributed by atoms with van der Waals surface area (Å²) in [5, 5.41) is 1.02. The van der Waals surface area contributed by atoms with Gasteiger partial charge in [0.2, 0.25) is 11.8 Å². The fraction of sp³-hybridized carbons (Fsp3) is 0.167. The molecule has 0 fully saturated rings. The van der Waals surface area contributed by atoms with Gasteiger partial charge in [0, 0.05) is 42.8 Å². The molecule has 0 amide bonds. The molecular formula is C18H19BrN4O. The Balaban J connectivity index is 2.17. The van der Waals surface area contributed by atoms with Gasteiger partial charge in [0.05, 0.1) is 5.69 Å². The number of hydrogen-bond donors (Lipinski definition) is 1. The second kappa shape index (κ2) is 6.57. The van der Waals surface area contributed by atoms with Gasteiger partial charge in [0.1, 0.15) is 5.58 Å². The first-order valence-corrected chi connectivity index (χ1v) is 8.28. The molecule has 0 atom stereocenters. The maximum absolute atomic E-state index is 6.17. The summed E-state index contributed by atoms with van der Waals surface area (Å²) in [5.74, 6) is 0.985. The summed E-state index contributed by atoms with van der Waals surface area (Å²) in [6.07, 6.45) is 0. The minimum absolute atomic E-state index is 0.358. The van der Waals surface area contributed by atoms with Gasteiger partial charge in [-0.15, -0.1) is 0 Å². The molecule has 1 aromatic heterocycles. The molecule has 24 heavy (non-hydrogen) atoms. The Morgan fingerprint density at radius 2 is 1.79 bits per heavy atom. The Hall–Kier alpha value is -2.47. The van der Waals surface area contributed by atoms with E-state index in [9.17, 15) is 0 Å². The normalized spacial score (nSPS) is 11.8. The van der Waals surface area contributed by atoms with Crippen molar-refractivity contribution in [1.29, 1.82) is 0 Å². The largest absolute Gasteiger partial charge is 0.440 e. The van der Waals surface area contributed by atoms with Crippen molar-refractivity contribution in [2.75, 3.05) is 30.9 Å². The first kappa shape index (κ1) is 16.4. The van der Waals surface area contributed by atoms with E-state index in [4.69, 9.17) is 10.2 Å². The Morgan fingerprint density at radius 3 is 2.46 bits per heavy atom. The number of hydrogen-bond acceptors (Lipinski definition) is 3. The number of rotatable bonds is 3. The maximum atomic E-state index is 6.17. The highest BCUT2D eigenvalue weighted by Gasteiger charge is 2.19. The molecule has 6 heteroatoms. The summed E-state index contributed by atoms with van der Waals surface area (Å²) in [5.41, 5.74) is 8.89. The van der Waals surface area contributed by atoms with Gasteiger partial charge < -0.3 is 15.1 Å². The van der Waals surface area contributed by atoms with Crippen LogP contribution in [0, 0.1) is 0 Å². The second-order valence-electron chi connectivity index (χ2n) is 5.60. The summed E-state index contributed by atoms with van der Waals surface area (Å²) < 4.78 is 6.94. The van der Waals surface area contributed by atoms with E-state index in [1.165, 1.54) is 0 Å². The van der Waals surface area contributed by atoms with Gasteiger partial charge in [-0.05, 0) is 24.3 Å². The van der Waals surface area contributed by atoms with Crippen LogP contribution >= 0.6 is 15.9 Å². The predicted molar refractivity (Wildman–Crippen MR) is 104 cm³/mol. The van der Waals surface area contributed by atoms with Crippen LogP contribution in [-0.4, -0.2) is 27.1 Å². The van der Waals surface area contributed by atoms with E-state index in [2.05, 4.69) is 20.9 Å². The lowest BCUT2D eigenvalue weighted by Crippen LogP contribution is -2.33. The smallest absolute Gasteiger partial charge is 0.208 e. The van der Waals surface area contributed by atoms with E-state index in [-0.39, 0.29) is 0 Å². The summed E-state index contributed by atoms with van der Waals surface area (Å²) in [4.78, 5) is 7.98. The summed E-state index contributed by atoms with van der Waals surface area (Å²) in [6, 6.07) is 15.9. The van der Waals surface area contributed by atoms with E-state index in [0.717, 1.165) is 26.8 Å². The lowest BCUT2D eigenvalue weighted by molar-refractivity contribution is 0.622. The Bertz CT molecular complexity index is 868. The first-order valence-electron chi connectivity index (χ1n) is 7.48. The molecule has 0 bridgehead atoms. The molecule has 0 radical (unpaired) electrons. The van der Waals surface area contributed by atoms with Crippen LogP contribution in [0.5, 0.6) is 0 Å². The van der Waals surface area contributed by atoms with E-state index >= 15 is 0 Å². The van der Waals surface area contributed by atoms with Crippen molar-refractivity contribution in [3.8, 4) is 0 Å². The average Bonchev–Trinajstić information content (AvgIpc) is 2.97. The molecular weight excluding hydrogens is 368 g/mol. The molecule has 0 aliphatic heterocycles. The van der Waals surface area contributed by atoms with Crippen molar-refractivity contribution in [3.05, 3.63) is 53.0 Å². The SMILES string of the molecule is CN=C(N)N(c1cc(Br)cc(N(C)C)c1)c1cc2ccccc2o1. The molecule has 1 heterocycles. The standard InChI is InChI=1S/C18H19BrN4O/c1-21-18(20)23(15-10-13(19)9-14(11-15)22(2)3)17-8-12-6-4-5-7-16(12)24-17/h4-11H,1-3H3,(H2,20,21). The number of guanidine groups is 1. The molecule has 0 aliphatic carbocycles. The van der Waals surface area contributed by atoms with Crippen molar-refractivity contribution in [1.82, 2.24) is 0 Å². The Labute approximate surface area is 149 Å². The predicted octanol–water partition coefficient (Wildman–Crippen LogP) is 4.34. The van der Waals surface area contributed by atoms with Crippen LogP contribution < -0.4 is 15.5 Å². The fourth-order valence-electron chi connectivity index (χ4n) is 2.50. The molecule has 0 saturated carbocycles. The van der Waals surface area contributed by atoms with Crippen molar-refractivity contribution < 1.29 is 4.42 Å². The van der Waals surface area contributed by atoms with Crippen molar-refractivity contribution in [2.24, 2.45) is 10.7 Å². The van der Waals surface area contributed by atoms with Crippen molar-refractivity contribution in [3.63, 3.8) is 0 Å². The number of nitrogens with zero attached hydrogens (tertiary/aromatic N) is 3. The van der Waals surface area contributed by atoms with Crippen LogP contribution in [0.4, 0.5) is 17.3 Å². The average molecular weight is 387 g/mol. The van der Waals surface area contributed by atoms with Gasteiger partial charge >= 0.3 is 0 Å². The van der Waals surface area contributed by atoms with Crippen LogP contribution in [-0.2, 0) is 0 Å².